The lowest BCUT2D eigenvalue weighted by atomic mass is 9.89. The summed E-state index contributed by atoms with van der Waals surface area (Å²) < 4.78 is 29.5. The molecule has 0 radical (unpaired) electrons. The van der Waals surface area contributed by atoms with Crippen molar-refractivity contribution in [2.75, 3.05) is 119 Å². The van der Waals surface area contributed by atoms with Crippen LogP contribution in [0.25, 0.3) is 0 Å². The monoisotopic (exact) mass is 1610 g/mol. The Labute approximate surface area is 673 Å². The van der Waals surface area contributed by atoms with E-state index in [9.17, 15) is 57.5 Å². The van der Waals surface area contributed by atoms with E-state index in [2.05, 4.69) is 42.2 Å². The van der Waals surface area contributed by atoms with Crippen LogP contribution in [0.3, 0.4) is 0 Å². The van der Waals surface area contributed by atoms with Gasteiger partial charge in [0, 0.05) is 128 Å². The number of nitrogens with two attached hydrogens (primary N) is 1. The van der Waals surface area contributed by atoms with Crippen molar-refractivity contribution in [2.24, 2.45) is 35.3 Å². The van der Waals surface area contributed by atoms with Crippen LogP contribution in [-0.2, 0) is 82.8 Å². The van der Waals surface area contributed by atoms with Crippen molar-refractivity contribution in [1.29, 1.82) is 0 Å². The molecular formula is C80H121N15O18S. The van der Waals surface area contributed by atoms with Crippen LogP contribution in [0.4, 0.5) is 15.3 Å². The van der Waals surface area contributed by atoms with Crippen LogP contribution in [0.5, 0.6) is 0 Å². The summed E-state index contributed by atoms with van der Waals surface area (Å²) in [4.78, 5) is 191. The third-order valence-electron chi connectivity index (χ3n) is 20.9. The molecule has 4 heterocycles. The molecule has 2 fully saturated rings. The minimum atomic E-state index is -1.56. The molecule has 6 rings (SSSR count). The number of methoxy groups -OCH3 is 2. The van der Waals surface area contributed by atoms with Gasteiger partial charge in [-0.2, -0.15) is 0 Å². The number of benzene rings is 2. The van der Waals surface area contributed by atoms with E-state index in [1.54, 1.807) is 83.5 Å². The van der Waals surface area contributed by atoms with Gasteiger partial charge in [-0.15, -0.1) is 11.3 Å². The zero-order valence-electron chi connectivity index (χ0n) is 68.5. The van der Waals surface area contributed by atoms with Gasteiger partial charge in [0.1, 0.15) is 29.2 Å². The van der Waals surface area contributed by atoms with Crippen LogP contribution < -0.4 is 43.0 Å². The third-order valence-corrected chi connectivity index (χ3v) is 21.8. The van der Waals surface area contributed by atoms with E-state index in [4.69, 9.17) is 29.4 Å². The topological polar surface area (TPSA) is 411 Å². The predicted octanol–water partition coefficient (Wildman–Crippen LogP) is 4.08. The second kappa shape index (κ2) is 46.8. The number of carbonyl (C=O) groups is 13. The molecule has 33 nitrogen and oxygen atoms in total. The zero-order valence-corrected chi connectivity index (χ0v) is 69.3. The number of aromatic nitrogens is 1. The van der Waals surface area contributed by atoms with E-state index >= 15 is 4.79 Å². The van der Waals surface area contributed by atoms with Crippen LogP contribution in [0.1, 0.15) is 142 Å². The highest BCUT2D eigenvalue weighted by Gasteiger charge is 2.45. The number of rotatable bonds is 46. The highest BCUT2D eigenvalue weighted by molar-refractivity contribution is 7.09. The summed E-state index contributed by atoms with van der Waals surface area (Å²) in [6.07, 6.45) is 2.23. The van der Waals surface area contributed by atoms with E-state index in [0.717, 1.165) is 32.5 Å². The number of anilines is 1. The van der Waals surface area contributed by atoms with Crippen LogP contribution in [0.15, 0.2) is 78.3 Å². The number of nitrogens with one attached hydrogen (secondary N) is 7. The average Bonchev–Trinajstić information content (AvgIpc) is 1.36. The Hall–Kier alpha value is -9.48. The molecule has 114 heavy (non-hydrogen) atoms. The number of primary amides is 1. The Balaban J connectivity index is 1.09. The number of likely N-dealkylation sites (tertiary alicyclic amines) is 1. The van der Waals surface area contributed by atoms with E-state index in [0.29, 0.717) is 58.4 Å². The molecule has 0 spiro atoms. The fraction of sp³-hybridized carbons (Fsp3) is 0.625. The van der Waals surface area contributed by atoms with Crippen molar-refractivity contribution in [3.63, 3.8) is 0 Å². The number of nitrogens with zero attached hydrogens (tertiary/aromatic N) is 7. The molecule has 630 valence electrons. The number of imide groups is 1. The van der Waals surface area contributed by atoms with Crippen LogP contribution in [-0.4, -0.2) is 274 Å². The molecule has 3 aliphatic heterocycles. The molecule has 0 bridgehead atoms. The molecule has 14 amide bonds. The number of thiazole rings is 1. The number of hydrogen-bond acceptors (Lipinski definition) is 21. The standard InChI is InChI=1S/C80H121N15O18S/c1-15-52(8)69(60(109-13)48-65(100)94-36-20-24-59(94)70(110-14)53(9)72(101)87-58(76-83-35-46-114-76)47-54-21-17-16-18-22-54)91(11)77(105)67(50(4)5)89-75(104)68(51(6)7)92(12)80(108)113-71(78(106)93-40-38-90(10)39-41-93)55-25-27-56(28-26-55)85-73(102)57(23-19-33-84-79(81)107)86-74(103)66(49(2)3)88-62(97)32-42-111-44-45-112-43-34-82-61(96)31-37-95-63(98)29-30-64(95)99/h16-18,21-22,25-30,35,46,49-53,57-60,66-71H,15,19-20,23-24,31-34,36-45,47-48H2,1-14H3,(H,82,96)(H,85,102)(H,86,103)(H,87,101)(H,88,97)(H,89,104)(H3,81,84,107)/t52-,53+,57-,58-,59-,60+,66-,67-,68-,69-,70+,71?/m0/s1. The number of amides is 14. The molecule has 3 aromatic rings. The van der Waals surface area contributed by atoms with E-state index in [1.807, 2.05) is 61.5 Å². The minimum absolute atomic E-state index is 0.0100. The van der Waals surface area contributed by atoms with Crippen LogP contribution >= 0.6 is 11.3 Å². The molecular weight excluding hydrogens is 1490 g/mol. The van der Waals surface area contributed by atoms with Gasteiger partial charge >= 0.3 is 12.1 Å². The Bertz CT molecular complexity index is 3680. The second-order valence-electron chi connectivity index (χ2n) is 30.3. The smallest absolute Gasteiger partial charge is 0.411 e. The molecule has 12 atom stereocenters. The maximum Gasteiger partial charge on any atom is 0.411 e. The number of ether oxygens (including phenoxy) is 5. The van der Waals surface area contributed by atoms with E-state index < -0.39 is 138 Å². The molecule has 1 aromatic heterocycles. The van der Waals surface area contributed by atoms with Gasteiger partial charge in [0.2, 0.25) is 53.4 Å². The molecule has 2 saturated heterocycles. The number of carbonyl (C=O) groups excluding carboxylic acids is 13. The molecule has 2 aromatic carbocycles. The fourth-order valence-electron chi connectivity index (χ4n) is 14.2. The quantitative estimate of drug-likeness (QED) is 0.0292. The first-order chi connectivity index (χ1) is 54.3. The van der Waals surface area contributed by atoms with Crippen LogP contribution in [0.2, 0.25) is 0 Å². The summed E-state index contributed by atoms with van der Waals surface area (Å²) in [5, 5.41) is 22.2. The third kappa shape index (κ3) is 27.9. The highest BCUT2D eigenvalue weighted by atomic mass is 32.1. The van der Waals surface area contributed by atoms with Crippen molar-refractivity contribution < 1.29 is 86.0 Å². The van der Waals surface area contributed by atoms with Gasteiger partial charge in [0.05, 0.1) is 69.1 Å². The normalized spacial score (nSPS) is 17.3. The van der Waals surface area contributed by atoms with Gasteiger partial charge in [0.15, 0.2) is 0 Å². The van der Waals surface area contributed by atoms with Gasteiger partial charge in [-0.05, 0) is 80.5 Å². The second-order valence-corrected chi connectivity index (χ2v) is 31.2. The molecule has 9 N–H and O–H groups in total. The summed E-state index contributed by atoms with van der Waals surface area (Å²) in [7, 11) is 7.97. The minimum Gasteiger partial charge on any atom is -0.431 e. The molecule has 34 heteroatoms. The van der Waals surface area contributed by atoms with Crippen molar-refractivity contribution in [2.45, 2.75) is 181 Å². The Morgan fingerprint density at radius 2 is 1.34 bits per heavy atom. The Kier molecular flexibility index (Phi) is 38.3. The predicted molar refractivity (Wildman–Crippen MR) is 426 cm³/mol. The van der Waals surface area contributed by atoms with E-state index in [-0.39, 0.29) is 119 Å². The van der Waals surface area contributed by atoms with Gasteiger partial charge in [0.25, 0.3) is 17.7 Å². The number of hydrogen-bond donors (Lipinski definition) is 8. The van der Waals surface area contributed by atoms with Gasteiger partial charge < -0.3 is 86.2 Å². The zero-order chi connectivity index (χ0) is 83.9. The summed E-state index contributed by atoms with van der Waals surface area (Å²) in [5.41, 5.74) is 6.78. The Morgan fingerprint density at radius 3 is 1.94 bits per heavy atom. The maximum atomic E-state index is 15.1. The fourth-order valence-corrected chi connectivity index (χ4v) is 14.9. The van der Waals surface area contributed by atoms with E-state index in [1.165, 1.54) is 49.8 Å². The lowest BCUT2D eigenvalue weighted by molar-refractivity contribution is -0.148. The first kappa shape index (κ1) is 93.4. The maximum absolute atomic E-state index is 15.1. The van der Waals surface area contributed by atoms with Crippen LogP contribution in [0, 0.1) is 29.6 Å². The van der Waals surface area contributed by atoms with Gasteiger partial charge in [-0.1, -0.05) is 111 Å². The van der Waals surface area contributed by atoms with Crippen molar-refractivity contribution in [3.8, 4) is 0 Å². The molecule has 0 aliphatic carbocycles. The average molecular weight is 1610 g/mol. The molecule has 3 aliphatic rings. The lowest BCUT2D eigenvalue weighted by Crippen LogP contribution is -2.60. The largest absolute Gasteiger partial charge is 0.431 e. The molecule has 1 unspecified atom stereocenters. The van der Waals surface area contributed by atoms with Gasteiger partial charge in [-0.3, -0.25) is 62.5 Å². The number of urea groups is 1. The number of likely N-dealkylation sites (N-methyl/N-ethyl adjacent to an activating group) is 3. The summed E-state index contributed by atoms with van der Waals surface area (Å²) in [5.74, 6) is -7.72. The van der Waals surface area contributed by atoms with Gasteiger partial charge in [-0.25, -0.2) is 14.6 Å². The highest BCUT2D eigenvalue weighted by Crippen LogP contribution is 2.32. The SMILES string of the molecule is CC[C@H](C)[C@@H]([C@@H](CC(=O)N1CCC[C@H]1[C@H](OC)[C@@H](C)C(=O)N[C@@H](Cc1ccccc1)c1nccs1)OC)N(C)C(=O)[C@@H](NC(=O)[C@H](C(C)C)N(C)C(=O)OC(C(=O)N1CCN(C)CC1)c1ccc(NC(=O)[C@H](CCCNC(N)=O)NC(=O)[C@@H](NC(=O)CCOCCOCCNC(=O)CCN2C(=O)C=CC2=O)C(C)C)cc1)C(C)C. The van der Waals surface area contributed by atoms with Crippen molar-refractivity contribution in [3.05, 3.63) is 94.5 Å². The van der Waals surface area contributed by atoms with Crippen molar-refractivity contribution >= 4 is 94.1 Å². The summed E-state index contributed by atoms with van der Waals surface area (Å²) in [6.45, 7) is 18.9. The summed E-state index contributed by atoms with van der Waals surface area (Å²) in [6, 6.07) is 8.82. The van der Waals surface area contributed by atoms with Crippen molar-refractivity contribution in [1.82, 2.24) is 66.3 Å². The lowest BCUT2D eigenvalue weighted by Gasteiger charge is -2.41. The molecule has 0 saturated carbocycles. The first-order valence-electron chi connectivity index (χ1n) is 39.4. The Morgan fingerprint density at radius 1 is 0.684 bits per heavy atom. The number of piperazine rings is 1. The summed E-state index contributed by atoms with van der Waals surface area (Å²) >= 11 is 1.46. The first-order valence-corrected chi connectivity index (χ1v) is 40.2.